The predicted molar refractivity (Wildman–Crippen MR) is 102 cm³/mol. The molecule has 1 aromatic carbocycles. The van der Waals surface area contributed by atoms with Crippen LogP contribution in [0, 0.1) is 5.41 Å². The van der Waals surface area contributed by atoms with Gasteiger partial charge in [-0.3, -0.25) is 9.79 Å². The first-order valence-electron chi connectivity index (χ1n) is 8.66. The molecule has 1 aliphatic rings. The predicted octanol–water partition coefficient (Wildman–Crippen LogP) is 2.72. The molecule has 1 heterocycles. The SMILES string of the molecule is CN=C(NCCOc1cccc(NC(C)=O)c1)N1CC(C)(C)C1(C)C. The molecule has 0 bridgehead atoms. The third-order valence-corrected chi connectivity index (χ3v) is 5.16. The number of likely N-dealkylation sites (tertiary alicyclic amines) is 1. The summed E-state index contributed by atoms with van der Waals surface area (Å²) in [6.45, 7) is 12.7. The average molecular weight is 346 g/mol. The molecule has 0 saturated carbocycles. The van der Waals surface area contributed by atoms with Crippen molar-refractivity contribution in [3.63, 3.8) is 0 Å². The minimum Gasteiger partial charge on any atom is -0.492 e. The summed E-state index contributed by atoms with van der Waals surface area (Å²) in [6.07, 6.45) is 0. The quantitative estimate of drug-likeness (QED) is 0.489. The molecule has 1 aromatic rings. The first-order chi connectivity index (χ1) is 11.7. The number of carbonyl (C=O) groups excluding carboxylic acids is 1. The molecule has 0 radical (unpaired) electrons. The second-order valence-electron chi connectivity index (χ2n) is 7.56. The summed E-state index contributed by atoms with van der Waals surface area (Å²) in [5.41, 5.74) is 1.08. The van der Waals surface area contributed by atoms with Crippen molar-refractivity contribution in [2.75, 3.05) is 32.1 Å². The molecule has 6 nitrogen and oxygen atoms in total. The monoisotopic (exact) mass is 346 g/mol. The van der Waals surface area contributed by atoms with Crippen LogP contribution in [0.25, 0.3) is 0 Å². The van der Waals surface area contributed by atoms with Gasteiger partial charge in [0.25, 0.3) is 0 Å². The number of hydrogen-bond donors (Lipinski definition) is 2. The van der Waals surface area contributed by atoms with Gasteiger partial charge < -0.3 is 20.3 Å². The fraction of sp³-hybridized carbons (Fsp3) is 0.579. The number of aliphatic imine (C=N–C) groups is 1. The molecule has 1 saturated heterocycles. The Morgan fingerprint density at radius 3 is 2.60 bits per heavy atom. The van der Waals surface area contributed by atoms with E-state index in [9.17, 15) is 4.79 Å². The summed E-state index contributed by atoms with van der Waals surface area (Å²) >= 11 is 0. The highest BCUT2D eigenvalue weighted by Gasteiger charge is 2.53. The van der Waals surface area contributed by atoms with Crippen molar-refractivity contribution < 1.29 is 9.53 Å². The highest BCUT2D eigenvalue weighted by Crippen LogP contribution is 2.46. The maximum atomic E-state index is 11.1. The number of hydrogen-bond acceptors (Lipinski definition) is 3. The fourth-order valence-electron chi connectivity index (χ4n) is 2.89. The molecule has 0 spiro atoms. The van der Waals surface area contributed by atoms with Crippen molar-refractivity contribution in [2.45, 2.75) is 40.2 Å². The van der Waals surface area contributed by atoms with Crippen molar-refractivity contribution >= 4 is 17.6 Å². The number of rotatable bonds is 5. The summed E-state index contributed by atoms with van der Waals surface area (Å²) in [7, 11) is 1.81. The van der Waals surface area contributed by atoms with Crippen LogP contribution in [0.4, 0.5) is 5.69 Å². The van der Waals surface area contributed by atoms with E-state index >= 15 is 0 Å². The van der Waals surface area contributed by atoms with Crippen LogP contribution in [0.1, 0.15) is 34.6 Å². The minimum absolute atomic E-state index is 0.0718. The van der Waals surface area contributed by atoms with Gasteiger partial charge in [-0.25, -0.2) is 0 Å². The summed E-state index contributed by atoms with van der Waals surface area (Å²) in [4.78, 5) is 17.8. The van der Waals surface area contributed by atoms with Crippen molar-refractivity contribution in [1.82, 2.24) is 10.2 Å². The molecular formula is C19H30N4O2. The van der Waals surface area contributed by atoms with Gasteiger partial charge in [0.15, 0.2) is 5.96 Å². The Bertz CT molecular complexity index is 653. The zero-order chi connectivity index (χ0) is 18.7. The van der Waals surface area contributed by atoms with E-state index in [4.69, 9.17) is 4.74 Å². The Labute approximate surface area is 150 Å². The van der Waals surface area contributed by atoms with Gasteiger partial charge in [-0.1, -0.05) is 19.9 Å². The Hall–Kier alpha value is -2.24. The molecule has 0 aliphatic carbocycles. The molecule has 1 aliphatic heterocycles. The molecule has 6 heteroatoms. The lowest BCUT2D eigenvalue weighted by atomic mass is 9.65. The molecule has 1 amide bonds. The zero-order valence-corrected chi connectivity index (χ0v) is 16.1. The second kappa shape index (κ2) is 7.33. The Balaban J connectivity index is 1.82. The molecular weight excluding hydrogens is 316 g/mol. The van der Waals surface area contributed by atoms with E-state index in [0.29, 0.717) is 13.2 Å². The van der Waals surface area contributed by atoms with Crippen LogP contribution in [0.2, 0.25) is 0 Å². The van der Waals surface area contributed by atoms with E-state index < -0.39 is 0 Å². The lowest BCUT2D eigenvalue weighted by molar-refractivity contribution is -0.114. The van der Waals surface area contributed by atoms with Gasteiger partial charge in [0.2, 0.25) is 5.91 Å². The number of anilines is 1. The van der Waals surface area contributed by atoms with E-state index in [1.54, 1.807) is 0 Å². The van der Waals surface area contributed by atoms with E-state index in [2.05, 4.69) is 48.2 Å². The maximum absolute atomic E-state index is 11.1. The van der Waals surface area contributed by atoms with Gasteiger partial charge in [-0.05, 0) is 26.0 Å². The lowest BCUT2D eigenvalue weighted by Crippen LogP contribution is -2.72. The van der Waals surface area contributed by atoms with E-state index in [1.165, 1.54) is 6.92 Å². The molecule has 0 atom stereocenters. The van der Waals surface area contributed by atoms with Gasteiger partial charge >= 0.3 is 0 Å². The number of benzene rings is 1. The Morgan fingerprint density at radius 1 is 1.32 bits per heavy atom. The minimum atomic E-state index is -0.0947. The van der Waals surface area contributed by atoms with Crippen molar-refractivity contribution in [1.29, 1.82) is 0 Å². The van der Waals surface area contributed by atoms with Gasteiger partial charge in [-0.2, -0.15) is 0 Å². The van der Waals surface area contributed by atoms with Crippen molar-refractivity contribution in [2.24, 2.45) is 10.4 Å². The molecule has 1 fully saturated rings. The molecule has 2 rings (SSSR count). The number of carbonyl (C=O) groups is 1. The highest BCUT2D eigenvalue weighted by molar-refractivity contribution is 5.88. The molecule has 0 aromatic heterocycles. The zero-order valence-electron chi connectivity index (χ0n) is 16.1. The van der Waals surface area contributed by atoms with Crippen LogP contribution >= 0.6 is 0 Å². The second-order valence-corrected chi connectivity index (χ2v) is 7.56. The van der Waals surface area contributed by atoms with E-state index in [1.807, 2.05) is 31.3 Å². The number of amides is 1. The summed E-state index contributed by atoms with van der Waals surface area (Å²) in [5.74, 6) is 1.54. The topological polar surface area (TPSA) is 66.0 Å². The Kier molecular flexibility index (Phi) is 5.60. The highest BCUT2D eigenvalue weighted by atomic mass is 16.5. The number of nitrogens with zero attached hydrogens (tertiary/aromatic N) is 2. The Morgan fingerprint density at radius 2 is 2.04 bits per heavy atom. The normalized spacial score (nSPS) is 18.3. The van der Waals surface area contributed by atoms with Crippen LogP contribution in [0.15, 0.2) is 29.3 Å². The fourth-order valence-corrected chi connectivity index (χ4v) is 2.89. The van der Waals surface area contributed by atoms with Crippen LogP contribution in [0.3, 0.4) is 0 Å². The number of nitrogens with one attached hydrogen (secondary N) is 2. The number of guanidine groups is 1. The van der Waals surface area contributed by atoms with Crippen LogP contribution < -0.4 is 15.4 Å². The lowest BCUT2D eigenvalue weighted by Gasteiger charge is -2.62. The van der Waals surface area contributed by atoms with Crippen LogP contribution in [-0.2, 0) is 4.79 Å². The smallest absolute Gasteiger partial charge is 0.221 e. The third kappa shape index (κ3) is 4.24. The van der Waals surface area contributed by atoms with Gasteiger partial charge in [0, 0.05) is 43.2 Å². The molecule has 0 unspecified atom stereocenters. The molecule has 138 valence electrons. The van der Waals surface area contributed by atoms with Crippen molar-refractivity contribution in [3.05, 3.63) is 24.3 Å². The molecule has 2 N–H and O–H groups in total. The van der Waals surface area contributed by atoms with Gasteiger partial charge in [0.05, 0.1) is 6.54 Å². The van der Waals surface area contributed by atoms with Crippen molar-refractivity contribution in [3.8, 4) is 5.75 Å². The van der Waals surface area contributed by atoms with Crippen LogP contribution in [-0.4, -0.2) is 49.0 Å². The summed E-state index contributed by atoms with van der Waals surface area (Å²) in [6, 6.07) is 7.39. The van der Waals surface area contributed by atoms with E-state index in [-0.39, 0.29) is 16.9 Å². The standard InChI is InChI=1S/C19H30N4O2/c1-14(24)22-15-8-7-9-16(12-15)25-11-10-21-17(20-6)23-13-18(2,3)19(23,4)5/h7-9,12H,10-11,13H2,1-6H3,(H,20,21)(H,22,24). The maximum Gasteiger partial charge on any atom is 0.221 e. The largest absolute Gasteiger partial charge is 0.492 e. The average Bonchev–Trinajstić information content (AvgIpc) is 2.53. The van der Waals surface area contributed by atoms with Gasteiger partial charge in [-0.15, -0.1) is 0 Å². The summed E-state index contributed by atoms with van der Waals surface area (Å²) < 4.78 is 5.76. The third-order valence-electron chi connectivity index (χ3n) is 5.16. The first-order valence-corrected chi connectivity index (χ1v) is 8.66. The first kappa shape index (κ1) is 19.1. The number of ether oxygens (including phenoxy) is 1. The van der Waals surface area contributed by atoms with E-state index in [0.717, 1.165) is 23.9 Å². The molecule has 25 heavy (non-hydrogen) atoms. The summed E-state index contributed by atoms with van der Waals surface area (Å²) in [5, 5.41) is 6.11. The van der Waals surface area contributed by atoms with Gasteiger partial charge in [0.1, 0.15) is 12.4 Å². The van der Waals surface area contributed by atoms with Crippen LogP contribution in [0.5, 0.6) is 5.75 Å².